The summed E-state index contributed by atoms with van der Waals surface area (Å²) in [5.41, 5.74) is 0.888. The smallest absolute Gasteiger partial charge is 0.325 e. The fourth-order valence-corrected chi connectivity index (χ4v) is 0.909. The summed E-state index contributed by atoms with van der Waals surface area (Å²) in [6.45, 7) is 3.54. The summed E-state index contributed by atoms with van der Waals surface area (Å²) in [6, 6.07) is 2.90. The molecule has 14 heavy (non-hydrogen) atoms. The molecule has 0 aliphatic heterocycles. The van der Waals surface area contributed by atoms with Crippen LogP contribution in [0.25, 0.3) is 0 Å². The van der Waals surface area contributed by atoms with Gasteiger partial charge in [-0.25, -0.2) is 0 Å². The zero-order valence-electron chi connectivity index (χ0n) is 8.19. The molecule has 5 heteroatoms. The maximum Gasteiger partial charge on any atom is 0.325 e. The van der Waals surface area contributed by atoms with E-state index in [-0.39, 0.29) is 0 Å². The van der Waals surface area contributed by atoms with Crippen LogP contribution in [0.1, 0.15) is 19.5 Å². The lowest BCUT2D eigenvalue weighted by Gasteiger charge is -2.08. The fourth-order valence-electron chi connectivity index (χ4n) is 0.909. The molecule has 0 radical (unpaired) electrons. The lowest BCUT2D eigenvalue weighted by atomic mass is 10.3. The van der Waals surface area contributed by atoms with Gasteiger partial charge in [-0.1, -0.05) is 6.92 Å². The topological polar surface area (TPSA) is 75.1 Å². The number of aromatic nitrogens is 2. The van der Waals surface area contributed by atoms with E-state index in [2.05, 4.69) is 15.5 Å². The molecule has 0 amide bonds. The summed E-state index contributed by atoms with van der Waals surface area (Å²) in [6.07, 6.45) is 0.821. The molecular weight excluding hydrogens is 182 g/mol. The number of carboxylic acid groups (broad SMARTS) is 1. The molecule has 1 aromatic heterocycles. The van der Waals surface area contributed by atoms with Gasteiger partial charge in [-0.3, -0.25) is 4.79 Å². The van der Waals surface area contributed by atoms with E-state index in [0.29, 0.717) is 5.82 Å². The van der Waals surface area contributed by atoms with Gasteiger partial charge < -0.3 is 10.4 Å². The Balaban J connectivity index is 2.64. The van der Waals surface area contributed by atoms with Crippen LogP contribution in [0.5, 0.6) is 0 Å². The first-order valence-corrected chi connectivity index (χ1v) is 4.45. The molecular formula is C9H13N3O2. The first-order valence-electron chi connectivity index (χ1n) is 4.45. The third-order valence-corrected chi connectivity index (χ3v) is 1.82. The summed E-state index contributed by atoms with van der Waals surface area (Å²) < 4.78 is 0. The second-order valence-electron chi connectivity index (χ2n) is 2.97. The Labute approximate surface area is 82.2 Å². The average Bonchev–Trinajstić information content (AvgIpc) is 2.19. The van der Waals surface area contributed by atoms with Gasteiger partial charge in [-0.15, -0.1) is 5.10 Å². The van der Waals surface area contributed by atoms with Crippen LogP contribution in [0.2, 0.25) is 0 Å². The number of nitrogens with zero attached hydrogens (tertiary/aromatic N) is 2. The Hall–Kier alpha value is -1.65. The largest absolute Gasteiger partial charge is 0.480 e. The normalized spacial score (nSPS) is 12.1. The van der Waals surface area contributed by atoms with Gasteiger partial charge in [0.25, 0.3) is 0 Å². The van der Waals surface area contributed by atoms with Crippen LogP contribution >= 0.6 is 0 Å². The number of carbonyl (C=O) groups is 1. The summed E-state index contributed by atoms with van der Waals surface area (Å²) in [5, 5.41) is 19.1. The van der Waals surface area contributed by atoms with E-state index in [1.807, 2.05) is 13.0 Å². The van der Waals surface area contributed by atoms with E-state index in [4.69, 9.17) is 5.11 Å². The highest BCUT2D eigenvalue weighted by atomic mass is 16.4. The van der Waals surface area contributed by atoms with Gasteiger partial charge in [0.2, 0.25) is 0 Å². The molecule has 1 heterocycles. The summed E-state index contributed by atoms with van der Waals surface area (Å²) in [7, 11) is 0. The van der Waals surface area contributed by atoms with Gasteiger partial charge in [0, 0.05) is 0 Å². The maximum absolute atomic E-state index is 10.5. The Morgan fingerprint density at radius 2 is 2.29 bits per heavy atom. The van der Waals surface area contributed by atoms with Crippen molar-refractivity contribution in [2.24, 2.45) is 0 Å². The zero-order valence-corrected chi connectivity index (χ0v) is 8.19. The van der Waals surface area contributed by atoms with E-state index in [0.717, 1.165) is 12.1 Å². The molecule has 1 aromatic rings. The summed E-state index contributed by atoms with van der Waals surface area (Å²) >= 11 is 0. The summed E-state index contributed by atoms with van der Waals surface area (Å²) in [5.74, 6) is -0.427. The van der Waals surface area contributed by atoms with Crippen LogP contribution in [0, 0.1) is 0 Å². The minimum absolute atomic E-state index is 0.483. The van der Waals surface area contributed by atoms with Crippen LogP contribution in [-0.2, 0) is 11.2 Å². The predicted octanol–water partition coefficient (Wildman–Crippen LogP) is 0.924. The van der Waals surface area contributed by atoms with Gasteiger partial charge >= 0.3 is 5.97 Å². The van der Waals surface area contributed by atoms with Crippen molar-refractivity contribution >= 4 is 11.8 Å². The number of aryl methyl sites for hydroxylation is 1. The summed E-state index contributed by atoms with van der Waals surface area (Å²) in [4.78, 5) is 10.5. The van der Waals surface area contributed by atoms with Crippen molar-refractivity contribution in [1.82, 2.24) is 10.2 Å². The molecule has 0 aromatic carbocycles. The van der Waals surface area contributed by atoms with Crippen molar-refractivity contribution in [2.75, 3.05) is 5.32 Å². The van der Waals surface area contributed by atoms with Crippen molar-refractivity contribution in [1.29, 1.82) is 0 Å². The molecule has 0 saturated carbocycles. The molecule has 0 aliphatic rings. The molecule has 2 N–H and O–H groups in total. The molecule has 0 aliphatic carbocycles. The van der Waals surface area contributed by atoms with Gasteiger partial charge in [0.15, 0.2) is 0 Å². The monoisotopic (exact) mass is 195 g/mol. The Morgan fingerprint density at radius 1 is 1.57 bits per heavy atom. The molecule has 0 saturated heterocycles. The first-order chi connectivity index (χ1) is 6.63. The second-order valence-corrected chi connectivity index (χ2v) is 2.97. The van der Waals surface area contributed by atoms with Crippen molar-refractivity contribution in [3.8, 4) is 0 Å². The number of hydrogen-bond acceptors (Lipinski definition) is 4. The lowest BCUT2D eigenvalue weighted by Crippen LogP contribution is -2.26. The number of rotatable bonds is 4. The Morgan fingerprint density at radius 3 is 2.71 bits per heavy atom. The van der Waals surface area contributed by atoms with Crippen molar-refractivity contribution in [3.05, 3.63) is 17.8 Å². The Kier molecular flexibility index (Phi) is 3.39. The molecule has 1 rings (SSSR count). The van der Waals surface area contributed by atoms with E-state index in [1.54, 1.807) is 13.0 Å². The molecule has 0 bridgehead atoms. The van der Waals surface area contributed by atoms with E-state index >= 15 is 0 Å². The van der Waals surface area contributed by atoms with Gasteiger partial charge in [0.05, 0.1) is 5.69 Å². The minimum atomic E-state index is -0.911. The lowest BCUT2D eigenvalue weighted by molar-refractivity contribution is -0.137. The number of hydrogen-bond donors (Lipinski definition) is 2. The molecule has 1 unspecified atom stereocenters. The highest BCUT2D eigenvalue weighted by molar-refractivity contribution is 5.76. The van der Waals surface area contributed by atoms with Gasteiger partial charge in [0.1, 0.15) is 11.9 Å². The number of carboxylic acids is 1. The first kappa shape index (κ1) is 10.4. The SMILES string of the molecule is CCc1ccc(NC(C)C(=O)O)nn1. The zero-order chi connectivity index (χ0) is 10.6. The van der Waals surface area contributed by atoms with Crippen LogP contribution < -0.4 is 5.32 Å². The molecule has 0 fully saturated rings. The molecule has 5 nitrogen and oxygen atoms in total. The van der Waals surface area contributed by atoms with Crippen molar-refractivity contribution in [3.63, 3.8) is 0 Å². The molecule has 76 valence electrons. The van der Waals surface area contributed by atoms with E-state index < -0.39 is 12.0 Å². The van der Waals surface area contributed by atoms with Gasteiger partial charge in [-0.05, 0) is 25.5 Å². The van der Waals surface area contributed by atoms with Crippen molar-refractivity contribution < 1.29 is 9.90 Å². The second kappa shape index (κ2) is 4.55. The van der Waals surface area contributed by atoms with Crippen molar-refractivity contribution in [2.45, 2.75) is 26.3 Å². The van der Waals surface area contributed by atoms with Gasteiger partial charge in [-0.2, -0.15) is 5.10 Å². The third-order valence-electron chi connectivity index (χ3n) is 1.82. The molecule has 1 atom stereocenters. The third kappa shape index (κ3) is 2.69. The molecule has 0 spiro atoms. The van der Waals surface area contributed by atoms with E-state index in [1.165, 1.54) is 0 Å². The standard InChI is InChI=1S/C9H13N3O2/c1-3-7-4-5-8(12-11-7)10-6(2)9(13)14/h4-6H,3H2,1-2H3,(H,10,12)(H,13,14). The number of aliphatic carboxylic acids is 1. The highest BCUT2D eigenvalue weighted by Gasteiger charge is 2.10. The average molecular weight is 195 g/mol. The fraction of sp³-hybridized carbons (Fsp3) is 0.444. The number of nitrogens with one attached hydrogen (secondary N) is 1. The maximum atomic E-state index is 10.5. The highest BCUT2D eigenvalue weighted by Crippen LogP contribution is 2.04. The van der Waals surface area contributed by atoms with Crippen LogP contribution in [0.15, 0.2) is 12.1 Å². The van der Waals surface area contributed by atoms with Crippen LogP contribution in [0.4, 0.5) is 5.82 Å². The van der Waals surface area contributed by atoms with Crippen LogP contribution in [-0.4, -0.2) is 27.3 Å². The minimum Gasteiger partial charge on any atom is -0.480 e. The van der Waals surface area contributed by atoms with Crippen LogP contribution in [0.3, 0.4) is 0 Å². The quantitative estimate of drug-likeness (QED) is 0.747. The van der Waals surface area contributed by atoms with E-state index in [9.17, 15) is 4.79 Å². The predicted molar refractivity (Wildman–Crippen MR) is 52.1 cm³/mol. The Bertz CT molecular complexity index is 310. The number of anilines is 1.